The van der Waals surface area contributed by atoms with E-state index >= 15 is 0 Å². The highest BCUT2D eigenvalue weighted by atomic mass is 15.3. The first-order valence-corrected chi connectivity index (χ1v) is 6.68. The van der Waals surface area contributed by atoms with Crippen LogP contribution in [0, 0.1) is 19.8 Å². The van der Waals surface area contributed by atoms with Gasteiger partial charge in [0.1, 0.15) is 0 Å². The van der Waals surface area contributed by atoms with Gasteiger partial charge in [0.05, 0.1) is 5.69 Å². The fraction of sp³-hybridized carbons (Fsp3) is 0.786. The summed E-state index contributed by atoms with van der Waals surface area (Å²) in [6, 6.07) is 0.435. The second kappa shape index (κ2) is 6.20. The van der Waals surface area contributed by atoms with Crippen molar-refractivity contribution in [3.8, 4) is 0 Å². The number of nitrogens with one attached hydrogen (secondary N) is 1. The lowest BCUT2D eigenvalue weighted by atomic mass is 9.92. The number of rotatable bonds is 6. The zero-order chi connectivity index (χ0) is 13.0. The molecule has 0 spiro atoms. The third kappa shape index (κ3) is 3.32. The van der Waals surface area contributed by atoms with E-state index in [1.807, 2.05) is 11.7 Å². The summed E-state index contributed by atoms with van der Waals surface area (Å²) in [6.45, 7) is 8.86. The summed E-state index contributed by atoms with van der Waals surface area (Å²) in [6.07, 6.45) is 3.76. The summed E-state index contributed by atoms with van der Waals surface area (Å²) >= 11 is 0. The normalized spacial score (nSPS) is 14.9. The van der Waals surface area contributed by atoms with Crippen molar-refractivity contribution in [3.63, 3.8) is 0 Å². The Morgan fingerprint density at radius 3 is 2.41 bits per heavy atom. The lowest BCUT2D eigenvalue weighted by Gasteiger charge is -2.21. The van der Waals surface area contributed by atoms with Crippen LogP contribution in [0.4, 0.5) is 0 Å². The number of nitrogens with zero attached hydrogens (tertiary/aromatic N) is 2. The number of aryl methyl sites for hydroxylation is 2. The van der Waals surface area contributed by atoms with Crippen LogP contribution in [0.15, 0.2) is 0 Å². The number of hydrogen-bond donors (Lipinski definition) is 1. The molecule has 0 aliphatic carbocycles. The summed E-state index contributed by atoms with van der Waals surface area (Å²) in [7, 11) is 4.07. The van der Waals surface area contributed by atoms with E-state index in [4.69, 9.17) is 0 Å². The van der Waals surface area contributed by atoms with Crippen molar-refractivity contribution in [3.05, 3.63) is 17.0 Å². The fourth-order valence-electron chi connectivity index (χ4n) is 2.69. The molecule has 1 rings (SSSR count). The molecule has 2 unspecified atom stereocenters. The van der Waals surface area contributed by atoms with Crippen LogP contribution >= 0.6 is 0 Å². The molecule has 2 atom stereocenters. The van der Waals surface area contributed by atoms with Gasteiger partial charge >= 0.3 is 0 Å². The highest BCUT2D eigenvalue weighted by Gasteiger charge is 2.20. The Morgan fingerprint density at radius 2 is 2.00 bits per heavy atom. The van der Waals surface area contributed by atoms with Gasteiger partial charge in [-0.05, 0) is 33.2 Å². The van der Waals surface area contributed by atoms with Crippen molar-refractivity contribution in [2.24, 2.45) is 13.0 Å². The molecule has 1 aromatic rings. The zero-order valence-corrected chi connectivity index (χ0v) is 12.2. The number of aromatic nitrogens is 2. The van der Waals surface area contributed by atoms with Gasteiger partial charge in [-0.25, -0.2) is 0 Å². The first-order chi connectivity index (χ1) is 8.01. The molecule has 98 valence electrons. The Hall–Kier alpha value is -0.830. The number of hydrogen-bond acceptors (Lipinski definition) is 2. The van der Waals surface area contributed by atoms with Crippen LogP contribution in [0.2, 0.25) is 0 Å². The van der Waals surface area contributed by atoms with E-state index in [0.29, 0.717) is 6.04 Å². The van der Waals surface area contributed by atoms with Gasteiger partial charge < -0.3 is 5.32 Å². The van der Waals surface area contributed by atoms with Gasteiger partial charge in [0.2, 0.25) is 0 Å². The standard InChI is InChI=1S/C14H27N3/c1-7-8-10(2)9-13(15-5)14-11(3)16-17(6)12(14)4/h10,13,15H,7-9H2,1-6H3. The predicted octanol–water partition coefficient (Wildman–Crippen LogP) is 3.12. The van der Waals surface area contributed by atoms with Crippen LogP contribution in [0.1, 0.15) is 56.1 Å². The van der Waals surface area contributed by atoms with Crippen LogP contribution < -0.4 is 5.32 Å². The smallest absolute Gasteiger partial charge is 0.0644 e. The van der Waals surface area contributed by atoms with Gasteiger partial charge in [-0.1, -0.05) is 26.7 Å². The summed E-state index contributed by atoms with van der Waals surface area (Å²) in [5.41, 5.74) is 3.83. The maximum absolute atomic E-state index is 4.51. The van der Waals surface area contributed by atoms with Crippen molar-refractivity contribution in [2.75, 3.05) is 7.05 Å². The SMILES string of the molecule is CCCC(C)CC(NC)c1c(C)nn(C)c1C. The molecule has 0 saturated carbocycles. The van der Waals surface area contributed by atoms with Crippen LogP contribution in [0.25, 0.3) is 0 Å². The van der Waals surface area contributed by atoms with Crippen molar-refractivity contribution in [1.29, 1.82) is 0 Å². The van der Waals surface area contributed by atoms with Gasteiger partial charge in [-0.15, -0.1) is 0 Å². The molecule has 1 aromatic heterocycles. The largest absolute Gasteiger partial charge is 0.313 e. The van der Waals surface area contributed by atoms with E-state index in [1.165, 1.54) is 30.5 Å². The fourth-order valence-corrected chi connectivity index (χ4v) is 2.69. The van der Waals surface area contributed by atoms with Crippen LogP contribution in [-0.4, -0.2) is 16.8 Å². The molecule has 0 aliphatic heterocycles. The summed E-state index contributed by atoms with van der Waals surface area (Å²) < 4.78 is 1.99. The Balaban J connectivity index is 2.86. The maximum Gasteiger partial charge on any atom is 0.0644 e. The van der Waals surface area contributed by atoms with Gasteiger partial charge in [-0.2, -0.15) is 5.10 Å². The molecule has 0 aromatic carbocycles. The van der Waals surface area contributed by atoms with Gasteiger partial charge in [0.25, 0.3) is 0 Å². The molecule has 3 nitrogen and oxygen atoms in total. The minimum absolute atomic E-state index is 0.435. The Labute approximate surface area is 106 Å². The molecule has 1 heterocycles. The van der Waals surface area contributed by atoms with Crippen molar-refractivity contribution >= 4 is 0 Å². The van der Waals surface area contributed by atoms with E-state index in [0.717, 1.165) is 11.6 Å². The lowest BCUT2D eigenvalue weighted by molar-refractivity contribution is 0.405. The quantitative estimate of drug-likeness (QED) is 0.824. The maximum atomic E-state index is 4.51. The van der Waals surface area contributed by atoms with E-state index in [1.54, 1.807) is 0 Å². The van der Waals surface area contributed by atoms with Crippen molar-refractivity contribution in [1.82, 2.24) is 15.1 Å². The van der Waals surface area contributed by atoms with Gasteiger partial charge in [0, 0.05) is 24.3 Å². The molecular formula is C14H27N3. The molecule has 0 amide bonds. The van der Waals surface area contributed by atoms with Crippen molar-refractivity contribution < 1.29 is 0 Å². The zero-order valence-electron chi connectivity index (χ0n) is 12.2. The van der Waals surface area contributed by atoms with Gasteiger partial charge in [-0.3, -0.25) is 4.68 Å². The monoisotopic (exact) mass is 237 g/mol. The topological polar surface area (TPSA) is 29.9 Å². The van der Waals surface area contributed by atoms with E-state index < -0.39 is 0 Å². The average molecular weight is 237 g/mol. The molecule has 3 heteroatoms. The van der Waals surface area contributed by atoms with Crippen LogP contribution in [0.5, 0.6) is 0 Å². The minimum atomic E-state index is 0.435. The first kappa shape index (κ1) is 14.2. The first-order valence-electron chi connectivity index (χ1n) is 6.68. The molecule has 0 radical (unpaired) electrons. The van der Waals surface area contributed by atoms with E-state index in [-0.39, 0.29) is 0 Å². The average Bonchev–Trinajstić information content (AvgIpc) is 2.51. The second-order valence-electron chi connectivity index (χ2n) is 5.18. The molecule has 0 bridgehead atoms. The minimum Gasteiger partial charge on any atom is -0.313 e. The van der Waals surface area contributed by atoms with Crippen LogP contribution in [-0.2, 0) is 7.05 Å². The molecule has 0 aliphatic rings. The summed E-state index contributed by atoms with van der Waals surface area (Å²) in [4.78, 5) is 0. The lowest BCUT2D eigenvalue weighted by Crippen LogP contribution is -2.20. The van der Waals surface area contributed by atoms with Crippen LogP contribution in [0.3, 0.4) is 0 Å². The highest BCUT2D eigenvalue weighted by Crippen LogP contribution is 2.27. The summed E-state index contributed by atoms with van der Waals surface area (Å²) in [5.74, 6) is 0.761. The molecule has 0 saturated heterocycles. The van der Waals surface area contributed by atoms with Gasteiger partial charge in [0.15, 0.2) is 0 Å². The Bertz CT molecular complexity index is 355. The molecule has 1 N–H and O–H groups in total. The molecule has 17 heavy (non-hydrogen) atoms. The van der Waals surface area contributed by atoms with E-state index in [9.17, 15) is 0 Å². The Kier molecular flexibility index (Phi) is 5.19. The highest BCUT2D eigenvalue weighted by molar-refractivity contribution is 5.28. The Morgan fingerprint density at radius 1 is 1.35 bits per heavy atom. The third-order valence-electron chi connectivity index (χ3n) is 3.68. The predicted molar refractivity (Wildman–Crippen MR) is 73.2 cm³/mol. The summed E-state index contributed by atoms with van der Waals surface area (Å²) in [5, 5.41) is 7.96. The second-order valence-corrected chi connectivity index (χ2v) is 5.18. The van der Waals surface area contributed by atoms with E-state index in [2.05, 4.69) is 45.2 Å². The molecular weight excluding hydrogens is 210 g/mol. The third-order valence-corrected chi connectivity index (χ3v) is 3.68. The van der Waals surface area contributed by atoms with Crippen molar-refractivity contribution in [2.45, 2.75) is 53.0 Å². The molecule has 0 fully saturated rings.